The van der Waals surface area contributed by atoms with Gasteiger partial charge in [-0.1, -0.05) is 30.3 Å². The van der Waals surface area contributed by atoms with Crippen LogP contribution in [0.25, 0.3) is 0 Å². The van der Waals surface area contributed by atoms with E-state index in [4.69, 9.17) is 14.4 Å². The number of hydroxylamine groups is 2. The van der Waals surface area contributed by atoms with E-state index >= 15 is 0 Å². The minimum Gasteiger partial charge on any atom is -0.318 e. The zero-order valence-electron chi connectivity index (χ0n) is 11.9. The number of benzene rings is 1. The lowest BCUT2D eigenvalue weighted by Gasteiger charge is -2.27. The summed E-state index contributed by atoms with van der Waals surface area (Å²) < 4.78 is 0. The lowest BCUT2D eigenvalue weighted by Crippen LogP contribution is -2.37. The summed E-state index contributed by atoms with van der Waals surface area (Å²) in [5.74, 6) is 0. The third kappa shape index (κ3) is 3.48. The van der Waals surface area contributed by atoms with Crippen LogP contribution >= 0.6 is 0 Å². The van der Waals surface area contributed by atoms with Crippen LogP contribution < -0.4 is 0 Å². The van der Waals surface area contributed by atoms with Crippen molar-refractivity contribution in [1.82, 2.24) is 9.96 Å². The van der Waals surface area contributed by atoms with E-state index in [1.54, 1.807) is 5.06 Å². The molecule has 21 heavy (non-hydrogen) atoms. The largest absolute Gasteiger partial charge is 0.373 e. The second-order valence-electron chi connectivity index (χ2n) is 5.18. The van der Waals surface area contributed by atoms with Gasteiger partial charge in [0.2, 0.25) is 0 Å². The van der Waals surface area contributed by atoms with Gasteiger partial charge in [-0.05, 0) is 25.3 Å². The third-order valence-electron chi connectivity index (χ3n) is 3.84. The Morgan fingerprint density at radius 3 is 2.52 bits per heavy atom. The molecule has 6 nitrogen and oxygen atoms in total. The van der Waals surface area contributed by atoms with Crippen LogP contribution in [0.5, 0.6) is 0 Å². The Hall–Kier alpha value is -2.17. The Morgan fingerprint density at radius 2 is 1.90 bits per heavy atom. The maximum absolute atomic E-state index is 12.1. The monoisotopic (exact) mass is 290 g/mol. The fourth-order valence-electron chi connectivity index (χ4n) is 2.71. The van der Waals surface area contributed by atoms with E-state index in [-0.39, 0.29) is 18.2 Å². The van der Waals surface area contributed by atoms with Crippen molar-refractivity contribution < 1.29 is 19.2 Å². The van der Waals surface area contributed by atoms with E-state index in [1.807, 2.05) is 35.2 Å². The Morgan fingerprint density at radius 1 is 1.24 bits per heavy atom. The van der Waals surface area contributed by atoms with Crippen LogP contribution in [0.15, 0.2) is 30.3 Å². The average molecular weight is 290 g/mol. The molecule has 2 aliphatic rings. The third-order valence-corrected chi connectivity index (χ3v) is 3.84. The van der Waals surface area contributed by atoms with E-state index in [0.717, 1.165) is 24.9 Å². The first-order valence-electron chi connectivity index (χ1n) is 6.93. The number of piperidine rings is 1. The topological polar surface area (TPSA) is 66.9 Å². The van der Waals surface area contributed by atoms with Crippen molar-refractivity contribution in [3.63, 3.8) is 0 Å². The van der Waals surface area contributed by atoms with Crippen LogP contribution in [0, 0.1) is 0 Å². The van der Waals surface area contributed by atoms with Crippen molar-refractivity contribution in [2.24, 2.45) is 0 Å². The summed E-state index contributed by atoms with van der Waals surface area (Å²) in [6.07, 6.45) is 2.36. The predicted octanol–water partition coefficient (Wildman–Crippen LogP) is 1.82. The van der Waals surface area contributed by atoms with Gasteiger partial charge in [0.05, 0.1) is 6.04 Å². The van der Waals surface area contributed by atoms with Gasteiger partial charge >= 0.3 is 12.2 Å². The lowest BCUT2D eigenvalue weighted by atomic mass is 10.0. The number of carbonyl (C=O) groups excluding carboxylic acids is 3. The number of nitrogens with zero attached hydrogens (tertiary/aromatic N) is 2. The second kappa shape index (κ2) is 7.02. The molecule has 2 bridgehead atoms. The molecular weight excluding hydrogens is 272 g/mol. The maximum atomic E-state index is 12.1. The average Bonchev–Trinajstić information content (AvgIpc) is 2.76. The molecule has 0 saturated carbocycles. The highest BCUT2D eigenvalue weighted by Crippen LogP contribution is 2.29. The van der Waals surface area contributed by atoms with Crippen LogP contribution in [-0.4, -0.2) is 40.8 Å². The number of hydrogen-bond acceptors (Lipinski definition) is 4. The van der Waals surface area contributed by atoms with Gasteiger partial charge < -0.3 is 4.90 Å². The van der Waals surface area contributed by atoms with Gasteiger partial charge in [0.15, 0.2) is 0 Å². The van der Waals surface area contributed by atoms with Crippen LogP contribution in [-0.2, 0) is 21.0 Å². The van der Waals surface area contributed by atoms with Crippen molar-refractivity contribution in [1.29, 1.82) is 0 Å². The molecule has 0 aliphatic carbocycles. The highest BCUT2D eigenvalue weighted by molar-refractivity contribution is 5.76. The van der Waals surface area contributed by atoms with Crippen LogP contribution in [0.1, 0.15) is 25.3 Å². The fraction of sp³-hybridized carbons (Fsp3) is 0.467. The zero-order chi connectivity index (χ0) is 15.2. The number of rotatable bonds is 3. The first-order chi connectivity index (χ1) is 10.2. The fourth-order valence-corrected chi connectivity index (χ4v) is 2.71. The van der Waals surface area contributed by atoms with Crippen molar-refractivity contribution >= 4 is 12.2 Å². The number of hydrogen-bond donors (Lipinski definition) is 0. The van der Waals surface area contributed by atoms with E-state index in [1.165, 1.54) is 0 Å². The summed E-state index contributed by atoms with van der Waals surface area (Å²) in [6, 6.07) is 10.6. The van der Waals surface area contributed by atoms with E-state index < -0.39 is 0 Å². The molecule has 2 amide bonds. The van der Waals surface area contributed by atoms with Crippen molar-refractivity contribution in [3.8, 4) is 0 Å². The summed E-state index contributed by atoms with van der Waals surface area (Å²) >= 11 is 0. The molecule has 2 saturated heterocycles. The molecule has 1 aromatic carbocycles. The van der Waals surface area contributed by atoms with E-state index in [9.17, 15) is 4.79 Å². The van der Waals surface area contributed by atoms with Crippen LogP contribution in [0.4, 0.5) is 4.79 Å². The highest BCUT2D eigenvalue weighted by Gasteiger charge is 2.43. The van der Waals surface area contributed by atoms with Gasteiger partial charge in [0, 0.05) is 12.6 Å². The van der Waals surface area contributed by atoms with Crippen molar-refractivity contribution in [3.05, 3.63) is 35.9 Å². The number of fused-ring (bicyclic) bond motifs is 2. The first-order valence-corrected chi connectivity index (χ1v) is 6.93. The van der Waals surface area contributed by atoms with Gasteiger partial charge in [-0.15, -0.1) is 0 Å². The Bertz CT molecular complexity index is 514. The molecule has 2 fully saturated rings. The van der Waals surface area contributed by atoms with Crippen molar-refractivity contribution in [2.75, 3.05) is 6.54 Å². The Labute approximate surface area is 123 Å². The van der Waals surface area contributed by atoms with Gasteiger partial charge in [-0.25, -0.2) is 4.79 Å². The minimum atomic E-state index is 0.0286. The van der Waals surface area contributed by atoms with E-state index in [0.29, 0.717) is 12.6 Å². The summed E-state index contributed by atoms with van der Waals surface area (Å²) in [6.45, 7) is 3.38. The summed E-state index contributed by atoms with van der Waals surface area (Å²) in [7, 11) is 0. The smallest absolute Gasteiger partial charge is 0.318 e. The van der Waals surface area contributed by atoms with Crippen LogP contribution in [0.3, 0.4) is 0 Å². The molecular formula is C15H18N2O4. The van der Waals surface area contributed by atoms with Gasteiger partial charge in [0.25, 0.3) is 0 Å². The highest BCUT2D eigenvalue weighted by atomic mass is 16.7. The van der Waals surface area contributed by atoms with Gasteiger partial charge in [-0.2, -0.15) is 14.7 Å². The molecule has 2 heterocycles. The molecule has 1 aromatic rings. The molecule has 0 radical (unpaired) electrons. The van der Waals surface area contributed by atoms with Crippen molar-refractivity contribution in [2.45, 2.75) is 38.5 Å². The Kier molecular flexibility index (Phi) is 5.09. The predicted molar refractivity (Wildman–Crippen MR) is 72.7 cm³/mol. The molecule has 3 rings (SSSR count). The molecule has 0 unspecified atom stereocenters. The minimum absolute atomic E-state index is 0.0286. The summed E-state index contributed by atoms with van der Waals surface area (Å²) in [5, 5.41) is 1.58. The first kappa shape index (κ1) is 15.2. The molecule has 0 aromatic heterocycles. The Balaban J connectivity index is 0.000000497. The number of urea groups is 1. The second-order valence-corrected chi connectivity index (χ2v) is 5.18. The summed E-state index contributed by atoms with van der Waals surface area (Å²) in [4.78, 5) is 36.0. The van der Waals surface area contributed by atoms with E-state index in [2.05, 4.69) is 6.92 Å². The number of amides is 2. The maximum Gasteiger partial charge on any atom is 0.373 e. The standard InChI is InChI=1S/C14H18N2O2.CO2/c1-11-7-8-13-9-15(11)14(17)16(13)18-10-12-5-3-2-4-6-12;2-1-3/h2-6,11,13H,7-10H2,1H3;/t11-,13-;/m1./s1. The molecule has 2 aliphatic heterocycles. The van der Waals surface area contributed by atoms with Crippen LogP contribution in [0.2, 0.25) is 0 Å². The van der Waals surface area contributed by atoms with Gasteiger partial charge in [-0.3, -0.25) is 4.84 Å². The molecule has 6 heteroatoms. The quantitative estimate of drug-likeness (QED) is 0.851. The molecule has 112 valence electrons. The summed E-state index contributed by atoms with van der Waals surface area (Å²) in [5.41, 5.74) is 1.09. The SMILES string of the molecule is C[C@@H]1CC[C@@H]2CN1C(=O)N2OCc1ccccc1.O=C=O. The lowest BCUT2D eigenvalue weighted by molar-refractivity contribution is -0.191. The molecule has 0 spiro atoms. The number of carbonyl (C=O) groups is 1. The normalized spacial score (nSPS) is 23.4. The molecule has 0 N–H and O–H groups in total. The zero-order valence-corrected chi connectivity index (χ0v) is 11.9. The molecule has 2 atom stereocenters. The van der Waals surface area contributed by atoms with Gasteiger partial charge in [0.1, 0.15) is 6.61 Å².